The van der Waals surface area contributed by atoms with Crippen molar-refractivity contribution in [2.24, 2.45) is 0 Å². The van der Waals surface area contributed by atoms with Crippen LogP contribution < -0.4 is 0 Å². The minimum atomic E-state index is -1.19. The van der Waals surface area contributed by atoms with E-state index in [2.05, 4.69) is 25.6 Å². The number of carbonyl (C=O) groups is 1. The summed E-state index contributed by atoms with van der Waals surface area (Å²) in [7, 11) is 0. The van der Waals surface area contributed by atoms with Crippen molar-refractivity contribution in [1.82, 2.24) is 0 Å². The molecule has 0 aliphatic carbocycles. The van der Waals surface area contributed by atoms with Crippen molar-refractivity contribution in [2.75, 3.05) is 0 Å². The smallest absolute Gasteiger partial charge is 0.333 e. The Bertz CT molecular complexity index is 484. The zero-order valence-corrected chi connectivity index (χ0v) is 10.2. The molecule has 17 heavy (non-hydrogen) atoms. The molecule has 0 heterocycles. The van der Waals surface area contributed by atoms with Crippen molar-refractivity contribution < 1.29 is 9.90 Å². The van der Waals surface area contributed by atoms with Crippen LogP contribution in [0.1, 0.15) is 31.9 Å². The first kappa shape index (κ1) is 13.0. The number of hydrogen-bond acceptors (Lipinski definition) is 1. The first-order valence-corrected chi connectivity index (χ1v) is 5.27. The lowest BCUT2D eigenvalue weighted by Gasteiger charge is -2.18. The zero-order valence-electron chi connectivity index (χ0n) is 10.2. The molecular weight excluding hydrogens is 214 g/mol. The molecule has 0 aliphatic heterocycles. The second-order valence-corrected chi connectivity index (χ2v) is 4.82. The Hall–Kier alpha value is -2.08. The predicted octanol–water partition coefficient (Wildman–Crippen LogP) is 3.33. The van der Waals surface area contributed by atoms with Gasteiger partial charge in [-0.2, -0.15) is 0 Å². The third kappa shape index (κ3) is 3.46. The average molecular weight is 229 g/mol. The lowest BCUT2D eigenvalue weighted by molar-refractivity contribution is -0.132. The van der Waals surface area contributed by atoms with Gasteiger partial charge < -0.3 is 5.11 Å². The summed E-state index contributed by atoms with van der Waals surface area (Å²) >= 11 is 0. The van der Waals surface area contributed by atoms with Gasteiger partial charge in [0.2, 0.25) is 0 Å². The molecular formula is C14H15NO2. The fraction of sp³-hybridized carbons (Fsp3) is 0.286. The number of hydrogen-bond donors (Lipinski definition) is 1. The highest BCUT2D eigenvalue weighted by molar-refractivity contribution is 5.94. The molecule has 0 amide bonds. The first-order valence-electron chi connectivity index (χ1n) is 5.27. The SMILES string of the molecule is [C-]#[N+]/C(=C\c1ccc(C(C)(C)C)cc1)C(=O)O. The molecule has 0 saturated carbocycles. The van der Waals surface area contributed by atoms with E-state index in [1.165, 1.54) is 11.6 Å². The summed E-state index contributed by atoms with van der Waals surface area (Å²) in [5.41, 5.74) is 1.70. The van der Waals surface area contributed by atoms with Gasteiger partial charge >= 0.3 is 5.97 Å². The van der Waals surface area contributed by atoms with E-state index in [1.54, 1.807) is 0 Å². The molecule has 0 saturated heterocycles. The second kappa shape index (κ2) is 4.84. The Labute approximate surface area is 101 Å². The molecule has 0 aromatic heterocycles. The van der Waals surface area contributed by atoms with Crippen molar-refractivity contribution in [3.05, 3.63) is 52.5 Å². The molecule has 3 heteroatoms. The number of benzene rings is 1. The summed E-state index contributed by atoms with van der Waals surface area (Å²) in [6, 6.07) is 7.56. The van der Waals surface area contributed by atoms with Crippen LogP contribution in [0.15, 0.2) is 30.0 Å². The standard InChI is InChI=1S/C14H15NO2/c1-14(2,3)11-7-5-10(6-8-11)9-12(15-4)13(16)17/h5-9H,1-3H3,(H,16,17)/b12-9-. The Morgan fingerprint density at radius 3 is 2.18 bits per heavy atom. The van der Waals surface area contributed by atoms with E-state index in [1.807, 2.05) is 24.3 Å². The van der Waals surface area contributed by atoms with Crippen LogP contribution in [0.5, 0.6) is 0 Å². The molecule has 0 aliphatic rings. The van der Waals surface area contributed by atoms with Crippen LogP contribution in [0.4, 0.5) is 0 Å². The lowest BCUT2D eigenvalue weighted by atomic mass is 9.87. The van der Waals surface area contributed by atoms with E-state index in [4.69, 9.17) is 11.7 Å². The van der Waals surface area contributed by atoms with Gasteiger partial charge in [0.05, 0.1) is 6.57 Å². The summed E-state index contributed by atoms with van der Waals surface area (Å²) in [5, 5.41) is 8.74. The summed E-state index contributed by atoms with van der Waals surface area (Å²) in [4.78, 5) is 13.6. The topological polar surface area (TPSA) is 41.7 Å². The monoisotopic (exact) mass is 229 g/mol. The number of rotatable bonds is 2. The molecule has 0 radical (unpaired) electrons. The van der Waals surface area contributed by atoms with Crippen LogP contribution >= 0.6 is 0 Å². The second-order valence-electron chi connectivity index (χ2n) is 4.82. The van der Waals surface area contributed by atoms with E-state index in [-0.39, 0.29) is 11.1 Å². The van der Waals surface area contributed by atoms with Crippen LogP contribution in [0.3, 0.4) is 0 Å². The lowest BCUT2D eigenvalue weighted by Crippen LogP contribution is -2.10. The van der Waals surface area contributed by atoms with Crippen LogP contribution in [-0.2, 0) is 10.2 Å². The molecule has 0 spiro atoms. The maximum absolute atomic E-state index is 10.7. The minimum Gasteiger partial charge on any atom is -0.486 e. The van der Waals surface area contributed by atoms with E-state index >= 15 is 0 Å². The largest absolute Gasteiger partial charge is 0.486 e. The summed E-state index contributed by atoms with van der Waals surface area (Å²) < 4.78 is 0. The van der Waals surface area contributed by atoms with Gasteiger partial charge in [-0.3, -0.25) is 4.79 Å². The Morgan fingerprint density at radius 1 is 1.29 bits per heavy atom. The molecule has 1 N–H and O–H groups in total. The van der Waals surface area contributed by atoms with Gasteiger partial charge in [0.25, 0.3) is 5.70 Å². The molecule has 3 nitrogen and oxygen atoms in total. The van der Waals surface area contributed by atoms with Crippen molar-refractivity contribution >= 4 is 12.0 Å². The van der Waals surface area contributed by atoms with Crippen LogP contribution in [-0.4, -0.2) is 11.1 Å². The maximum atomic E-state index is 10.7. The fourth-order valence-corrected chi connectivity index (χ4v) is 1.38. The van der Waals surface area contributed by atoms with E-state index in [0.717, 1.165) is 5.56 Å². The number of carboxylic acid groups (broad SMARTS) is 1. The van der Waals surface area contributed by atoms with Crippen LogP contribution in [0.2, 0.25) is 0 Å². The fourth-order valence-electron chi connectivity index (χ4n) is 1.38. The first-order chi connectivity index (χ1) is 7.84. The predicted molar refractivity (Wildman–Crippen MR) is 67.4 cm³/mol. The van der Waals surface area contributed by atoms with Crippen molar-refractivity contribution in [3.8, 4) is 0 Å². The van der Waals surface area contributed by atoms with Crippen molar-refractivity contribution in [1.29, 1.82) is 0 Å². The Morgan fingerprint density at radius 2 is 1.82 bits per heavy atom. The molecule has 1 rings (SSSR count). The molecule has 0 atom stereocenters. The van der Waals surface area contributed by atoms with Gasteiger partial charge in [-0.25, -0.2) is 4.85 Å². The van der Waals surface area contributed by atoms with Gasteiger partial charge in [0.1, 0.15) is 0 Å². The zero-order chi connectivity index (χ0) is 13.1. The van der Waals surface area contributed by atoms with Crippen LogP contribution in [0, 0.1) is 6.57 Å². The summed E-state index contributed by atoms with van der Waals surface area (Å²) in [6.07, 6.45) is 1.38. The van der Waals surface area contributed by atoms with Gasteiger partial charge in [-0.05, 0) is 22.6 Å². The van der Waals surface area contributed by atoms with E-state index in [9.17, 15) is 4.79 Å². The quantitative estimate of drug-likeness (QED) is 0.624. The van der Waals surface area contributed by atoms with E-state index in [0.29, 0.717) is 0 Å². The van der Waals surface area contributed by atoms with E-state index < -0.39 is 5.97 Å². The highest BCUT2D eigenvalue weighted by Crippen LogP contribution is 2.22. The number of nitrogens with zero attached hydrogens (tertiary/aromatic N) is 1. The van der Waals surface area contributed by atoms with Crippen LogP contribution in [0.25, 0.3) is 10.9 Å². The Balaban J connectivity index is 3.05. The number of aliphatic carboxylic acids is 1. The van der Waals surface area contributed by atoms with Crippen molar-refractivity contribution in [3.63, 3.8) is 0 Å². The number of carboxylic acids is 1. The Kier molecular flexibility index (Phi) is 3.69. The summed E-state index contributed by atoms with van der Waals surface area (Å²) in [5.74, 6) is -1.19. The third-order valence-corrected chi connectivity index (χ3v) is 2.42. The van der Waals surface area contributed by atoms with Gasteiger partial charge in [-0.15, -0.1) is 0 Å². The molecule has 88 valence electrons. The highest BCUT2D eigenvalue weighted by Gasteiger charge is 2.13. The van der Waals surface area contributed by atoms with Gasteiger partial charge in [-0.1, -0.05) is 45.0 Å². The molecule has 1 aromatic rings. The molecule has 0 fully saturated rings. The van der Waals surface area contributed by atoms with Crippen molar-refractivity contribution in [2.45, 2.75) is 26.2 Å². The van der Waals surface area contributed by atoms with Gasteiger partial charge in [0.15, 0.2) is 0 Å². The minimum absolute atomic E-state index is 0.0671. The molecule has 0 bridgehead atoms. The third-order valence-electron chi connectivity index (χ3n) is 2.42. The highest BCUT2D eigenvalue weighted by atomic mass is 16.4. The molecule has 1 aromatic carbocycles. The maximum Gasteiger partial charge on any atom is 0.333 e. The normalized spacial score (nSPS) is 12.0. The average Bonchev–Trinajstić information content (AvgIpc) is 2.25. The summed E-state index contributed by atoms with van der Waals surface area (Å²) in [6.45, 7) is 13.1. The molecule has 0 unspecified atom stereocenters. The van der Waals surface area contributed by atoms with Gasteiger partial charge in [0, 0.05) is 0 Å².